The quantitative estimate of drug-likeness (QED) is 0.404. The summed E-state index contributed by atoms with van der Waals surface area (Å²) in [4.78, 5) is 21.8. The Morgan fingerprint density at radius 1 is 1.06 bits per heavy atom. The lowest BCUT2D eigenvalue weighted by Gasteiger charge is -2.33. The summed E-state index contributed by atoms with van der Waals surface area (Å²) < 4.78 is 12.3. The maximum Gasteiger partial charge on any atom is 0.258 e. The molecule has 4 aromatic rings. The molecule has 0 N–H and O–H groups in total. The van der Waals surface area contributed by atoms with E-state index in [-0.39, 0.29) is 5.91 Å². The molecule has 9 nitrogen and oxygen atoms in total. The second-order valence-corrected chi connectivity index (χ2v) is 8.67. The Balaban J connectivity index is 1.21. The number of carbonyl (C=O) groups is 1. The van der Waals surface area contributed by atoms with Crippen molar-refractivity contribution in [3.8, 4) is 22.8 Å². The van der Waals surface area contributed by atoms with Crippen LogP contribution in [0.2, 0.25) is 5.15 Å². The summed E-state index contributed by atoms with van der Waals surface area (Å²) in [5.74, 6) is 1.75. The highest BCUT2D eigenvalue weighted by atomic mass is 35.5. The molecule has 2 aromatic carbocycles. The number of nitrogens with zero attached hydrogens (tertiary/aromatic N) is 6. The molecule has 0 saturated carbocycles. The van der Waals surface area contributed by atoms with Crippen LogP contribution in [-0.2, 0) is 6.54 Å². The lowest BCUT2D eigenvalue weighted by molar-refractivity contribution is 0.0614. The summed E-state index contributed by atoms with van der Waals surface area (Å²) in [5.41, 5.74) is 2.74. The summed E-state index contributed by atoms with van der Waals surface area (Å²) in [5, 5.41) is 8.92. The van der Waals surface area contributed by atoms with Crippen LogP contribution in [0.4, 0.5) is 0 Å². The zero-order chi connectivity index (χ0) is 24.4. The standard InChI is InChI=1S/C25H25ClN6O3/c1-17-22(23(26)32(28-17)19-6-4-3-5-7-19)25(33)31-14-12-30(13-15-31)16-21-27-24(29-35-21)18-8-10-20(34-2)11-9-18/h3-11H,12-16H2,1-2H3. The van der Waals surface area contributed by atoms with Crippen molar-refractivity contribution in [1.29, 1.82) is 0 Å². The first-order valence-electron chi connectivity index (χ1n) is 11.3. The minimum atomic E-state index is -0.103. The SMILES string of the molecule is COc1ccc(-c2noc(CN3CCN(C(=O)c4c(C)nn(-c5ccccc5)c4Cl)CC3)n2)cc1. The van der Waals surface area contributed by atoms with E-state index in [1.165, 1.54) is 0 Å². The maximum absolute atomic E-state index is 13.3. The van der Waals surface area contributed by atoms with Gasteiger partial charge in [0, 0.05) is 31.7 Å². The van der Waals surface area contributed by atoms with Crippen LogP contribution in [0.15, 0.2) is 59.1 Å². The fraction of sp³-hybridized carbons (Fsp3) is 0.280. The maximum atomic E-state index is 13.3. The van der Waals surface area contributed by atoms with Crippen LogP contribution in [0.5, 0.6) is 5.75 Å². The molecule has 1 aliphatic heterocycles. The molecule has 0 bridgehead atoms. The van der Waals surface area contributed by atoms with E-state index in [1.54, 1.807) is 11.8 Å². The zero-order valence-electron chi connectivity index (χ0n) is 19.5. The predicted molar refractivity (Wildman–Crippen MR) is 131 cm³/mol. The number of para-hydroxylation sites is 1. The van der Waals surface area contributed by atoms with Crippen molar-refractivity contribution in [3.05, 3.63) is 76.9 Å². The van der Waals surface area contributed by atoms with Crippen LogP contribution in [0.1, 0.15) is 21.9 Å². The first-order chi connectivity index (χ1) is 17.0. The fourth-order valence-corrected chi connectivity index (χ4v) is 4.47. The van der Waals surface area contributed by atoms with Gasteiger partial charge in [-0.05, 0) is 43.3 Å². The van der Waals surface area contributed by atoms with Crippen molar-refractivity contribution >= 4 is 17.5 Å². The molecular formula is C25H25ClN6O3. The van der Waals surface area contributed by atoms with E-state index in [4.69, 9.17) is 20.9 Å². The molecule has 0 spiro atoms. The zero-order valence-corrected chi connectivity index (χ0v) is 20.3. The van der Waals surface area contributed by atoms with E-state index in [0.29, 0.717) is 60.8 Å². The number of piperazine rings is 1. The average Bonchev–Trinajstić information content (AvgIpc) is 3.48. The molecule has 35 heavy (non-hydrogen) atoms. The van der Waals surface area contributed by atoms with Crippen molar-refractivity contribution in [2.24, 2.45) is 0 Å². The van der Waals surface area contributed by atoms with E-state index in [0.717, 1.165) is 17.0 Å². The number of halogens is 1. The van der Waals surface area contributed by atoms with Gasteiger partial charge in [0.15, 0.2) is 0 Å². The lowest BCUT2D eigenvalue weighted by Crippen LogP contribution is -2.48. The molecule has 0 unspecified atom stereocenters. The van der Waals surface area contributed by atoms with E-state index in [9.17, 15) is 4.79 Å². The van der Waals surface area contributed by atoms with Crippen LogP contribution < -0.4 is 4.74 Å². The van der Waals surface area contributed by atoms with Gasteiger partial charge in [0.2, 0.25) is 11.7 Å². The molecule has 2 aromatic heterocycles. The van der Waals surface area contributed by atoms with Crippen molar-refractivity contribution in [2.45, 2.75) is 13.5 Å². The number of methoxy groups -OCH3 is 1. The van der Waals surface area contributed by atoms with Crippen molar-refractivity contribution in [1.82, 2.24) is 29.7 Å². The first kappa shape index (κ1) is 23.1. The summed E-state index contributed by atoms with van der Waals surface area (Å²) in [6.45, 7) is 4.86. The van der Waals surface area contributed by atoms with Crippen LogP contribution in [0.3, 0.4) is 0 Å². The molecular weight excluding hydrogens is 468 g/mol. The van der Waals surface area contributed by atoms with Crippen molar-refractivity contribution in [3.63, 3.8) is 0 Å². The van der Waals surface area contributed by atoms with E-state index in [1.807, 2.05) is 66.4 Å². The first-order valence-corrected chi connectivity index (χ1v) is 11.7. The van der Waals surface area contributed by atoms with E-state index >= 15 is 0 Å². The van der Waals surface area contributed by atoms with Crippen molar-refractivity contribution < 1.29 is 14.1 Å². The number of aromatic nitrogens is 4. The molecule has 10 heteroatoms. The highest BCUT2D eigenvalue weighted by Crippen LogP contribution is 2.26. The molecule has 0 aliphatic carbocycles. The summed E-state index contributed by atoms with van der Waals surface area (Å²) in [7, 11) is 1.63. The van der Waals surface area contributed by atoms with Crippen molar-refractivity contribution in [2.75, 3.05) is 33.3 Å². The Morgan fingerprint density at radius 3 is 2.46 bits per heavy atom. The third-order valence-electron chi connectivity index (χ3n) is 6.05. The number of rotatable bonds is 6. The minimum absolute atomic E-state index is 0.103. The third kappa shape index (κ3) is 4.78. The topological polar surface area (TPSA) is 89.5 Å². The van der Waals surface area contributed by atoms with Crippen LogP contribution in [0, 0.1) is 6.92 Å². The molecule has 5 rings (SSSR count). The number of carbonyl (C=O) groups excluding carboxylic acids is 1. The Bertz CT molecular complexity index is 1310. The van der Waals surface area contributed by atoms with Crippen LogP contribution in [-0.4, -0.2) is 68.9 Å². The number of aryl methyl sites for hydroxylation is 1. The minimum Gasteiger partial charge on any atom is -0.497 e. The largest absolute Gasteiger partial charge is 0.497 e. The molecule has 0 atom stereocenters. The highest BCUT2D eigenvalue weighted by molar-refractivity contribution is 6.33. The van der Waals surface area contributed by atoms with Gasteiger partial charge >= 0.3 is 0 Å². The third-order valence-corrected chi connectivity index (χ3v) is 6.40. The Labute approximate surface area is 207 Å². The number of hydrogen-bond donors (Lipinski definition) is 0. The normalized spacial score (nSPS) is 14.3. The van der Waals surface area contributed by atoms with Gasteiger partial charge in [-0.3, -0.25) is 9.69 Å². The Hall–Kier alpha value is -3.69. The van der Waals surface area contributed by atoms with Gasteiger partial charge in [0.1, 0.15) is 10.9 Å². The number of amides is 1. The molecule has 1 saturated heterocycles. The van der Waals surface area contributed by atoms with Gasteiger partial charge in [-0.25, -0.2) is 4.68 Å². The summed E-state index contributed by atoms with van der Waals surface area (Å²) in [6, 6.07) is 17.1. The second-order valence-electron chi connectivity index (χ2n) is 8.31. The smallest absolute Gasteiger partial charge is 0.258 e. The molecule has 3 heterocycles. The number of benzene rings is 2. The fourth-order valence-electron chi connectivity index (χ4n) is 4.12. The predicted octanol–water partition coefficient (Wildman–Crippen LogP) is 3.85. The van der Waals surface area contributed by atoms with Gasteiger partial charge in [-0.1, -0.05) is 35.0 Å². The van der Waals surface area contributed by atoms with Gasteiger partial charge in [-0.2, -0.15) is 10.1 Å². The number of ether oxygens (including phenoxy) is 1. The molecule has 1 fully saturated rings. The Morgan fingerprint density at radius 2 is 1.77 bits per heavy atom. The van der Waals surface area contributed by atoms with Crippen LogP contribution >= 0.6 is 11.6 Å². The summed E-state index contributed by atoms with van der Waals surface area (Å²) >= 11 is 6.59. The Kier molecular flexibility index (Phi) is 6.52. The van der Waals surface area contributed by atoms with Gasteiger partial charge in [-0.15, -0.1) is 0 Å². The summed E-state index contributed by atoms with van der Waals surface area (Å²) in [6.07, 6.45) is 0. The molecule has 1 aliphatic rings. The van der Waals surface area contributed by atoms with Gasteiger partial charge in [0.05, 0.1) is 30.6 Å². The average molecular weight is 493 g/mol. The highest BCUT2D eigenvalue weighted by Gasteiger charge is 2.28. The van der Waals surface area contributed by atoms with Gasteiger partial charge < -0.3 is 14.2 Å². The van der Waals surface area contributed by atoms with E-state index in [2.05, 4.69) is 20.1 Å². The molecule has 1 amide bonds. The molecule has 0 radical (unpaired) electrons. The van der Waals surface area contributed by atoms with Crippen LogP contribution in [0.25, 0.3) is 17.1 Å². The second kappa shape index (κ2) is 9.89. The van der Waals surface area contributed by atoms with Gasteiger partial charge in [0.25, 0.3) is 5.91 Å². The number of hydrogen-bond acceptors (Lipinski definition) is 7. The molecule has 180 valence electrons. The monoisotopic (exact) mass is 492 g/mol. The van der Waals surface area contributed by atoms with E-state index < -0.39 is 0 Å². The lowest BCUT2D eigenvalue weighted by atomic mass is 10.2.